The summed E-state index contributed by atoms with van der Waals surface area (Å²) in [4.78, 5) is 24.9. The molecule has 4 heteroatoms. The molecule has 2 aromatic carbocycles. The van der Waals surface area contributed by atoms with Crippen LogP contribution in [-0.2, 0) is 4.79 Å². The van der Waals surface area contributed by atoms with E-state index in [0.717, 1.165) is 4.47 Å². The second-order valence-electron chi connectivity index (χ2n) is 5.21. The van der Waals surface area contributed by atoms with E-state index in [0.29, 0.717) is 16.7 Å². The van der Waals surface area contributed by atoms with E-state index in [1.54, 1.807) is 36.4 Å². The van der Waals surface area contributed by atoms with Crippen molar-refractivity contribution in [3.63, 3.8) is 0 Å². The number of hydrogen-bond donors (Lipinski definition) is 1. The number of benzene rings is 2. The van der Waals surface area contributed by atoms with Crippen LogP contribution in [0, 0.1) is 0 Å². The zero-order chi connectivity index (χ0) is 15.9. The largest absolute Gasteiger partial charge is 0.507 e. The van der Waals surface area contributed by atoms with Gasteiger partial charge in [0.25, 0.3) is 0 Å². The SMILES string of the molecule is CC(=O)C1=C(O)c2ccccc2C(=O)[C@@H]1c1ccc(Br)cc1. The van der Waals surface area contributed by atoms with Crippen LogP contribution in [-0.4, -0.2) is 16.7 Å². The lowest BCUT2D eigenvalue weighted by molar-refractivity contribution is -0.113. The molecule has 1 aliphatic carbocycles. The summed E-state index contributed by atoms with van der Waals surface area (Å²) in [5.41, 5.74) is 1.72. The van der Waals surface area contributed by atoms with Crippen LogP contribution in [0.1, 0.15) is 34.3 Å². The molecule has 0 spiro atoms. The topological polar surface area (TPSA) is 54.4 Å². The van der Waals surface area contributed by atoms with Crippen LogP contribution in [0.3, 0.4) is 0 Å². The Morgan fingerprint density at radius 1 is 1.05 bits per heavy atom. The van der Waals surface area contributed by atoms with Crippen LogP contribution >= 0.6 is 15.9 Å². The van der Waals surface area contributed by atoms with E-state index in [1.165, 1.54) is 6.92 Å². The maximum Gasteiger partial charge on any atom is 0.175 e. The lowest BCUT2D eigenvalue weighted by Crippen LogP contribution is -2.25. The molecule has 0 heterocycles. The zero-order valence-electron chi connectivity index (χ0n) is 11.8. The number of Topliss-reactive ketones (excluding diaryl/α,β-unsaturated/α-hetero) is 2. The molecule has 110 valence electrons. The summed E-state index contributed by atoms with van der Waals surface area (Å²) in [6.07, 6.45) is 0. The van der Waals surface area contributed by atoms with Crippen LogP contribution in [0.25, 0.3) is 5.76 Å². The fourth-order valence-electron chi connectivity index (χ4n) is 2.82. The maximum absolute atomic E-state index is 12.9. The third-order valence-corrected chi connectivity index (χ3v) is 4.36. The van der Waals surface area contributed by atoms with Gasteiger partial charge in [-0.2, -0.15) is 0 Å². The van der Waals surface area contributed by atoms with E-state index < -0.39 is 5.92 Å². The monoisotopic (exact) mass is 356 g/mol. The summed E-state index contributed by atoms with van der Waals surface area (Å²) in [6, 6.07) is 14.0. The summed E-state index contributed by atoms with van der Waals surface area (Å²) in [7, 11) is 0. The third kappa shape index (κ3) is 2.29. The van der Waals surface area contributed by atoms with Gasteiger partial charge in [0, 0.05) is 15.6 Å². The minimum absolute atomic E-state index is 0.101. The molecule has 0 saturated heterocycles. The molecule has 0 aromatic heterocycles. The fraction of sp³-hybridized carbons (Fsp3) is 0.111. The first-order chi connectivity index (χ1) is 10.5. The highest BCUT2D eigenvalue weighted by Crippen LogP contribution is 2.39. The molecule has 3 rings (SSSR count). The third-order valence-electron chi connectivity index (χ3n) is 3.84. The van der Waals surface area contributed by atoms with Crippen molar-refractivity contribution in [2.24, 2.45) is 0 Å². The second-order valence-corrected chi connectivity index (χ2v) is 6.13. The highest BCUT2D eigenvalue weighted by molar-refractivity contribution is 9.10. The first-order valence-electron chi connectivity index (χ1n) is 6.84. The molecule has 0 aliphatic heterocycles. The smallest absolute Gasteiger partial charge is 0.175 e. The normalized spacial score (nSPS) is 17.4. The molecule has 1 aliphatic rings. The van der Waals surface area contributed by atoms with E-state index in [1.807, 2.05) is 12.1 Å². The Labute approximate surface area is 136 Å². The van der Waals surface area contributed by atoms with Crippen LogP contribution in [0.5, 0.6) is 0 Å². The van der Waals surface area contributed by atoms with Gasteiger partial charge in [-0.05, 0) is 24.6 Å². The van der Waals surface area contributed by atoms with Gasteiger partial charge < -0.3 is 5.11 Å². The molecule has 0 bridgehead atoms. The summed E-state index contributed by atoms with van der Waals surface area (Å²) in [5.74, 6) is -1.33. The second kappa shape index (κ2) is 5.54. The minimum atomic E-state index is -0.763. The molecule has 1 N–H and O–H groups in total. The number of hydrogen-bond acceptors (Lipinski definition) is 3. The molecule has 0 saturated carbocycles. The number of fused-ring (bicyclic) bond motifs is 1. The van der Waals surface area contributed by atoms with Gasteiger partial charge in [0.2, 0.25) is 0 Å². The number of halogens is 1. The summed E-state index contributed by atoms with van der Waals surface area (Å²) in [5, 5.41) is 10.5. The number of aliphatic hydroxyl groups excluding tert-OH is 1. The quantitative estimate of drug-likeness (QED) is 0.873. The van der Waals surface area contributed by atoms with Crippen LogP contribution in [0.15, 0.2) is 58.6 Å². The van der Waals surface area contributed by atoms with Crippen molar-refractivity contribution < 1.29 is 14.7 Å². The number of carbonyl (C=O) groups excluding carboxylic acids is 2. The van der Waals surface area contributed by atoms with Crippen molar-refractivity contribution in [3.8, 4) is 0 Å². The molecule has 0 radical (unpaired) electrons. The van der Waals surface area contributed by atoms with Crippen LogP contribution < -0.4 is 0 Å². The molecular weight excluding hydrogens is 344 g/mol. The van der Waals surface area contributed by atoms with Crippen LogP contribution in [0.4, 0.5) is 0 Å². The fourth-order valence-corrected chi connectivity index (χ4v) is 3.08. The number of ketones is 2. The average Bonchev–Trinajstić information content (AvgIpc) is 2.51. The predicted molar refractivity (Wildman–Crippen MR) is 87.9 cm³/mol. The Morgan fingerprint density at radius 3 is 2.23 bits per heavy atom. The highest BCUT2D eigenvalue weighted by atomic mass is 79.9. The lowest BCUT2D eigenvalue weighted by Gasteiger charge is -2.26. The summed E-state index contributed by atoms with van der Waals surface area (Å²) in [6.45, 7) is 1.37. The van der Waals surface area contributed by atoms with E-state index in [4.69, 9.17) is 0 Å². The van der Waals surface area contributed by atoms with Gasteiger partial charge in [0.15, 0.2) is 11.6 Å². The molecule has 22 heavy (non-hydrogen) atoms. The molecule has 1 atom stereocenters. The molecule has 2 aromatic rings. The highest BCUT2D eigenvalue weighted by Gasteiger charge is 2.37. The Morgan fingerprint density at radius 2 is 1.64 bits per heavy atom. The van der Waals surface area contributed by atoms with Crippen molar-refractivity contribution in [1.29, 1.82) is 0 Å². The standard InChI is InChI=1S/C18H13BrO3/c1-10(20)15-16(11-6-8-12(19)9-7-11)18(22)14-5-3-2-4-13(14)17(15)21/h2-9,16,21H,1H3/t16-/m1/s1. The maximum atomic E-state index is 12.9. The first kappa shape index (κ1) is 14.7. The number of rotatable bonds is 2. The van der Waals surface area contributed by atoms with Crippen molar-refractivity contribution in [2.75, 3.05) is 0 Å². The first-order valence-corrected chi connectivity index (χ1v) is 7.63. The lowest BCUT2D eigenvalue weighted by atomic mass is 9.76. The number of aliphatic hydroxyl groups is 1. The summed E-state index contributed by atoms with van der Waals surface area (Å²) >= 11 is 3.35. The molecule has 0 unspecified atom stereocenters. The van der Waals surface area contributed by atoms with Gasteiger partial charge in [-0.3, -0.25) is 9.59 Å². The van der Waals surface area contributed by atoms with Gasteiger partial charge in [0.05, 0.1) is 11.5 Å². The van der Waals surface area contributed by atoms with Crippen molar-refractivity contribution in [1.82, 2.24) is 0 Å². The van der Waals surface area contributed by atoms with E-state index in [2.05, 4.69) is 15.9 Å². The van der Waals surface area contributed by atoms with Crippen molar-refractivity contribution in [3.05, 3.63) is 75.3 Å². The average molecular weight is 357 g/mol. The van der Waals surface area contributed by atoms with E-state index in [9.17, 15) is 14.7 Å². The number of carbonyl (C=O) groups is 2. The van der Waals surface area contributed by atoms with Gasteiger partial charge in [-0.15, -0.1) is 0 Å². The molecule has 0 amide bonds. The Kier molecular flexibility index (Phi) is 3.71. The molecular formula is C18H13BrO3. The van der Waals surface area contributed by atoms with E-state index >= 15 is 0 Å². The predicted octanol–water partition coefficient (Wildman–Crippen LogP) is 4.29. The van der Waals surface area contributed by atoms with E-state index in [-0.39, 0.29) is 22.9 Å². The zero-order valence-corrected chi connectivity index (χ0v) is 13.4. The minimum Gasteiger partial charge on any atom is -0.507 e. The van der Waals surface area contributed by atoms with Gasteiger partial charge in [-0.25, -0.2) is 0 Å². The van der Waals surface area contributed by atoms with Gasteiger partial charge >= 0.3 is 0 Å². The van der Waals surface area contributed by atoms with Crippen LogP contribution in [0.2, 0.25) is 0 Å². The number of allylic oxidation sites excluding steroid dienone is 1. The Bertz CT molecular complexity index is 803. The summed E-state index contributed by atoms with van der Waals surface area (Å²) < 4.78 is 0.887. The molecule has 3 nitrogen and oxygen atoms in total. The Balaban J connectivity index is 2.26. The Hall–Kier alpha value is -2.20. The van der Waals surface area contributed by atoms with Crippen molar-refractivity contribution in [2.45, 2.75) is 12.8 Å². The van der Waals surface area contributed by atoms with Gasteiger partial charge in [0.1, 0.15) is 5.76 Å². The van der Waals surface area contributed by atoms with Crippen molar-refractivity contribution >= 4 is 33.3 Å². The molecule has 0 fully saturated rings. The van der Waals surface area contributed by atoms with Gasteiger partial charge in [-0.1, -0.05) is 52.3 Å².